The van der Waals surface area contributed by atoms with Crippen LogP contribution in [0.15, 0.2) is 41.8 Å². The molecule has 2 bridgehead atoms. The molecule has 1 aliphatic carbocycles. The second-order valence-corrected chi connectivity index (χ2v) is 7.87. The number of piperidine rings is 1. The van der Waals surface area contributed by atoms with Gasteiger partial charge in [0.05, 0.1) is 0 Å². The highest BCUT2D eigenvalue weighted by Crippen LogP contribution is 2.49. The van der Waals surface area contributed by atoms with Crippen molar-refractivity contribution < 1.29 is 5.11 Å². The molecule has 1 aliphatic heterocycles. The quantitative estimate of drug-likeness (QED) is 0.915. The number of thiophene rings is 1. The number of hydrogen-bond donors (Lipinski definition) is 1. The van der Waals surface area contributed by atoms with E-state index in [-0.39, 0.29) is 0 Å². The van der Waals surface area contributed by atoms with Gasteiger partial charge in [0.2, 0.25) is 0 Å². The molecule has 1 aromatic carbocycles. The highest BCUT2D eigenvalue weighted by molar-refractivity contribution is 7.09. The third kappa shape index (κ3) is 2.57. The predicted octanol–water partition coefficient (Wildman–Crippen LogP) is 4.19. The van der Waals surface area contributed by atoms with Crippen molar-refractivity contribution in [3.8, 4) is 5.75 Å². The van der Waals surface area contributed by atoms with Crippen molar-refractivity contribution >= 4 is 11.3 Å². The average Bonchev–Trinajstić information content (AvgIpc) is 3.16. The Morgan fingerprint density at radius 1 is 1.23 bits per heavy atom. The minimum absolute atomic E-state index is 0.322. The van der Waals surface area contributed by atoms with E-state index in [1.807, 2.05) is 23.5 Å². The van der Waals surface area contributed by atoms with E-state index < -0.39 is 0 Å². The van der Waals surface area contributed by atoms with Gasteiger partial charge in [-0.15, -0.1) is 11.3 Å². The monoisotopic (exact) mass is 313 g/mol. The van der Waals surface area contributed by atoms with Crippen LogP contribution < -0.4 is 0 Å². The van der Waals surface area contributed by atoms with Gasteiger partial charge in [-0.3, -0.25) is 4.90 Å². The number of nitrogens with zero attached hydrogens (tertiary/aromatic N) is 1. The van der Waals surface area contributed by atoms with Crippen molar-refractivity contribution in [3.63, 3.8) is 0 Å². The molecule has 2 aliphatic rings. The van der Waals surface area contributed by atoms with Gasteiger partial charge in [0.15, 0.2) is 0 Å². The molecule has 22 heavy (non-hydrogen) atoms. The summed E-state index contributed by atoms with van der Waals surface area (Å²) in [5, 5.41) is 12.0. The lowest BCUT2D eigenvalue weighted by Crippen LogP contribution is -2.43. The van der Waals surface area contributed by atoms with Crippen LogP contribution in [0.4, 0.5) is 0 Å². The molecule has 0 amide bonds. The smallest absolute Gasteiger partial charge is 0.115 e. The summed E-state index contributed by atoms with van der Waals surface area (Å²) >= 11 is 1.87. The van der Waals surface area contributed by atoms with Crippen LogP contribution in [-0.2, 0) is 11.8 Å². The van der Waals surface area contributed by atoms with E-state index in [1.54, 1.807) is 6.07 Å². The Balaban J connectivity index is 1.45. The maximum atomic E-state index is 9.80. The SMILES string of the molecule is Oc1cccc(C23CCC(C2)N(CCc2cccs2)CC3)c1. The van der Waals surface area contributed by atoms with Gasteiger partial charge in [-0.1, -0.05) is 18.2 Å². The van der Waals surface area contributed by atoms with Gasteiger partial charge in [0, 0.05) is 17.5 Å². The first-order valence-electron chi connectivity index (χ1n) is 8.31. The van der Waals surface area contributed by atoms with Crippen molar-refractivity contribution in [2.24, 2.45) is 0 Å². The molecule has 2 nitrogen and oxygen atoms in total. The second kappa shape index (κ2) is 5.71. The van der Waals surface area contributed by atoms with Crippen molar-refractivity contribution in [1.29, 1.82) is 0 Å². The normalized spacial score (nSPS) is 28.1. The minimum Gasteiger partial charge on any atom is -0.508 e. The lowest BCUT2D eigenvalue weighted by atomic mass is 9.74. The fourth-order valence-corrected chi connectivity index (χ4v) is 5.12. The van der Waals surface area contributed by atoms with Crippen LogP contribution in [0, 0.1) is 0 Å². The van der Waals surface area contributed by atoms with Crippen LogP contribution in [-0.4, -0.2) is 29.1 Å². The van der Waals surface area contributed by atoms with Gasteiger partial charge in [-0.05, 0) is 73.2 Å². The number of rotatable bonds is 4. The first kappa shape index (κ1) is 14.3. The summed E-state index contributed by atoms with van der Waals surface area (Å²) in [5.41, 5.74) is 1.68. The van der Waals surface area contributed by atoms with E-state index in [4.69, 9.17) is 0 Å². The molecule has 0 spiro atoms. The Morgan fingerprint density at radius 2 is 2.18 bits per heavy atom. The predicted molar refractivity (Wildman–Crippen MR) is 91.6 cm³/mol. The topological polar surface area (TPSA) is 23.5 Å². The summed E-state index contributed by atoms with van der Waals surface area (Å²) in [5.74, 6) is 0.412. The van der Waals surface area contributed by atoms with Crippen molar-refractivity contribution in [1.82, 2.24) is 4.90 Å². The third-order valence-corrected chi connectivity index (χ3v) is 6.60. The van der Waals surface area contributed by atoms with Crippen LogP contribution in [0.2, 0.25) is 0 Å². The molecular formula is C19H23NOS. The number of benzene rings is 1. The molecule has 1 saturated heterocycles. The summed E-state index contributed by atoms with van der Waals surface area (Å²) < 4.78 is 0. The number of fused-ring (bicyclic) bond motifs is 2. The van der Waals surface area contributed by atoms with E-state index in [2.05, 4.69) is 28.5 Å². The second-order valence-electron chi connectivity index (χ2n) is 6.84. The summed E-state index contributed by atoms with van der Waals surface area (Å²) in [6, 6.07) is 13.1. The molecule has 1 N–H and O–H groups in total. The molecule has 1 aromatic heterocycles. The fourth-order valence-electron chi connectivity index (χ4n) is 4.42. The first-order chi connectivity index (χ1) is 10.8. The van der Waals surface area contributed by atoms with Gasteiger partial charge in [-0.2, -0.15) is 0 Å². The Kier molecular flexibility index (Phi) is 3.71. The summed E-state index contributed by atoms with van der Waals surface area (Å²) in [7, 11) is 0. The highest BCUT2D eigenvalue weighted by atomic mass is 32.1. The molecule has 116 valence electrons. The zero-order valence-electron chi connectivity index (χ0n) is 12.9. The van der Waals surface area contributed by atoms with E-state index in [9.17, 15) is 5.11 Å². The van der Waals surface area contributed by atoms with Crippen LogP contribution in [0.5, 0.6) is 5.75 Å². The van der Waals surface area contributed by atoms with E-state index in [0.717, 1.165) is 6.04 Å². The molecule has 2 aromatic rings. The molecule has 3 heteroatoms. The van der Waals surface area contributed by atoms with E-state index in [1.165, 1.54) is 55.6 Å². The molecule has 1 saturated carbocycles. The average molecular weight is 313 g/mol. The summed E-state index contributed by atoms with van der Waals surface area (Å²) in [6.45, 7) is 2.40. The third-order valence-electron chi connectivity index (χ3n) is 5.66. The number of phenols is 1. The Hall–Kier alpha value is -1.32. The minimum atomic E-state index is 0.322. The summed E-state index contributed by atoms with van der Waals surface area (Å²) in [4.78, 5) is 4.20. The number of hydrogen-bond acceptors (Lipinski definition) is 3. The van der Waals surface area contributed by atoms with E-state index in [0.29, 0.717) is 11.2 Å². The molecule has 2 atom stereocenters. The lowest BCUT2D eigenvalue weighted by Gasteiger charge is -2.40. The highest BCUT2D eigenvalue weighted by Gasteiger charge is 2.46. The van der Waals surface area contributed by atoms with Crippen LogP contribution in [0.3, 0.4) is 0 Å². The zero-order chi connectivity index (χ0) is 15.0. The first-order valence-corrected chi connectivity index (χ1v) is 9.19. The number of phenolic OH excluding ortho intramolecular Hbond substituents is 1. The zero-order valence-corrected chi connectivity index (χ0v) is 13.7. The maximum absolute atomic E-state index is 9.80. The number of aromatic hydroxyl groups is 1. The van der Waals surface area contributed by atoms with E-state index >= 15 is 0 Å². The van der Waals surface area contributed by atoms with Gasteiger partial charge in [0.1, 0.15) is 5.75 Å². The Labute approximate surface area is 136 Å². The van der Waals surface area contributed by atoms with Crippen molar-refractivity contribution in [2.75, 3.05) is 13.1 Å². The molecule has 2 fully saturated rings. The van der Waals surface area contributed by atoms with Gasteiger partial charge in [-0.25, -0.2) is 0 Å². The van der Waals surface area contributed by atoms with Crippen LogP contribution in [0.25, 0.3) is 0 Å². The van der Waals surface area contributed by atoms with Crippen LogP contribution >= 0.6 is 11.3 Å². The Bertz CT molecular complexity index is 639. The van der Waals surface area contributed by atoms with Crippen molar-refractivity contribution in [2.45, 2.75) is 43.6 Å². The summed E-state index contributed by atoms with van der Waals surface area (Å²) in [6.07, 6.45) is 6.27. The number of likely N-dealkylation sites (tertiary alicyclic amines) is 1. The van der Waals surface area contributed by atoms with Gasteiger partial charge < -0.3 is 5.11 Å². The van der Waals surface area contributed by atoms with Gasteiger partial charge in [0.25, 0.3) is 0 Å². The molecule has 4 rings (SSSR count). The molecular weight excluding hydrogens is 290 g/mol. The molecule has 2 unspecified atom stereocenters. The Morgan fingerprint density at radius 3 is 3.00 bits per heavy atom. The standard InChI is InChI=1S/C19H23NOS/c21-17-4-1-3-15(13-17)19-8-6-16(14-19)20(11-9-19)10-7-18-5-2-12-22-18/h1-5,12-13,16,21H,6-11,14H2. The molecule has 2 heterocycles. The van der Waals surface area contributed by atoms with Gasteiger partial charge >= 0.3 is 0 Å². The van der Waals surface area contributed by atoms with Crippen molar-refractivity contribution in [3.05, 3.63) is 52.2 Å². The maximum Gasteiger partial charge on any atom is 0.115 e. The largest absolute Gasteiger partial charge is 0.508 e. The van der Waals surface area contributed by atoms with Crippen LogP contribution in [0.1, 0.15) is 36.1 Å². The fraction of sp³-hybridized carbons (Fsp3) is 0.474. The molecule has 0 radical (unpaired) electrons. The lowest BCUT2D eigenvalue weighted by molar-refractivity contribution is 0.142.